The molecule has 0 aliphatic heterocycles. The van der Waals surface area contributed by atoms with Gasteiger partial charge in [-0.05, 0) is 30.1 Å². The van der Waals surface area contributed by atoms with Crippen LogP contribution in [-0.2, 0) is 0 Å². The molecule has 1 fully saturated rings. The van der Waals surface area contributed by atoms with E-state index in [-0.39, 0.29) is 0 Å². The van der Waals surface area contributed by atoms with Crippen molar-refractivity contribution in [2.24, 2.45) is 17.3 Å². The number of hydrogen-bond acceptors (Lipinski definition) is 0. The van der Waals surface area contributed by atoms with Crippen LogP contribution in [0.1, 0.15) is 53.4 Å². The lowest BCUT2D eigenvalue weighted by molar-refractivity contribution is -0.0243. The fraction of sp³-hybridized carbons (Fsp3) is 1.00. The molecule has 0 aromatic heterocycles. The van der Waals surface area contributed by atoms with E-state index in [2.05, 4.69) is 27.7 Å². The van der Waals surface area contributed by atoms with Crippen LogP contribution in [0.25, 0.3) is 0 Å². The van der Waals surface area contributed by atoms with Gasteiger partial charge in [0.1, 0.15) is 0 Å². The minimum atomic E-state index is 0.704. The third-order valence-electron chi connectivity index (χ3n) is 3.88. The lowest BCUT2D eigenvalue weighted by Gasteiger charge is -2.52. The molecule has 11 heavy (non-hydrogen) atoms. The Hall–Kier alpha value is 0. The van der Waals surface area contributed by atoms with E-state index in [1.807, 2.05) is 0 Å². The standard InChI is InChI=1S/C11H22/c1-5-7-11(4)8-10(6-2)9(11)3/h9-10H,5-8H2,1-4H3. The first-order valence-corrected chi connectivity index (χ1v) is 5.14. The molecule has 0 saturated heterocycles. The quantitative estimate of drug-likeness (QED) is 0.579. The van der Waals surface area contributed by atoms with E-state index in [0.29, 0.717) is 5.41 Å². The molecule has 0 spiro atoms. The summed E-state index contributed by atoms with van der Waals surface area (Å²) in [6.45, 7) is 9.53. The molecule has 0 radical (unpaired) electrons. The summed E-state index contributed by atoms with van der Waals surface area (Å²) in [7, 11) is 0. The zero-order valence-electron chi connectivity index (χ0n) is 8.48. The summed E-state index contributed by atoms with van der Waals surface area (Å²) in [5.74, 6) is 2.01. The zero-order chi connectivity index (χ0) is 8.48. The number of rotatable bonds is 3. The van der Waals surface area contributed by atoms with E-state index in [9.17, 15) is 0 Å². The summed E-state index contributed by atoms with van der Waals surface area (Å²) < 4.78 is 0. The SMILES string of the molecule is CCCC1(C)CC(CC)C1C. The van der Waals surface area contributed by atoms with Gasteiger partial charge in [-0.1, -0.05) is 40.5 Å². The predicted molar refractivity (Wildman–Crippen MR) is 50.6 cm³/mol. The lowest BCUT2D eigenvalue weighted by Crippen LogP contribution is -2.43. The molecule has 1 aliphatic carbocycles. The molecule has 1 saturated carbocycles. The van der Waals surface area contributed by atoms with Crippen LogP contribution < -0.4 is 0 Å². The summed E-state index contributed by atoms with van der Waals surface area (Å²) in [5, 5.41) is 0. The first kappa shape index (κ1) is 9.09. The molecule has 66 valence electrons. The Morgan fingerprint density at radius 3 is 2.36 bits per heavy atom. The third kappa shape index (κ3) is 1.45. The Bertz CT molecular complexity index is 128. The summed E-state index contributed by atoms with van der Waals surface area (Å²) in [4.78, 5) is 0. The fourth-order valence-corrected chi connectivity index (χ4v) is 2.77. The molecule has 0 amide bonds. The molecule has 3 unspecified atom stereocenters. The molecule has 1 aliphatic rings. The second kappa shape index (κ2) is 3.16. The molecular weight excluding hydrogens is 132 g/mol. The van der Waals surface area contributed by atoms with Crippen molar-refractivity contribution in [3.63, 3.8) is 0 Å². The topological polar surface area (TPSA) is 0 Å². The highest BCUT2D eigenvalue weighted by molar-refractivity contribution is 4.95. The van der Waals surface area contributed by atoms with Gasteiger partial charge in [0.2, 0.25) is 0 Å². The Labute approximate surface area is 71.4 Å². The van der Waals surface area contributed by atoms with E-state index < -0.39 is 0 Å². The first-order valence-electron chi connectivity index (χ1n) is 5.14. The van der Waals surface area contributed by atoms with Crippen LogP contribution in [-0.4, -0.2) is 0 Å². The van der Waals surface area contributed by atoms with Gasteiger partial charge in [0.25, 0.3) is 0 Å². The maximum absolute atomic E-state index is 2.47. The van der Waals surface area contributed by atoms with Crippen LogP contribution in [0.5, 0.6) is 0 Å². The Kier molecular flexibility index (Phi) is 2.61. The fourth-order valence-electron chi connectivity index (χ4n) is 2.77. The Morgan fingerprint density at radius 2 is 2.00 bits per heavy atom. The van der Waals surface area contributed by atoms with Gasteiger partial charge >= 0.3 is 0 Å². The van der Waals surface area contributed by atoms with Crippen molar-refractivity contribution in [3.05, 3.63) is 0 Å². The van der Waals surface area contributed by atoms with Gasteiger partial charge in [-0.2, -0.15) is 0 Å². The van der Waals surface area contributed by atoms with Gasteiger partial charge in [-0.3, -0.25) is 0 Å². The highest BCUT2D eigenvalue weighted by Crippen LogP contribution is 2.54. The van der Waals surface area contributed by atoms with Crippen molar-refractivity contribution in [3.8, 4) is 0 Å². The van der Waals surface area contributed by atoms with E-state index >= 15 is 0 Å². The van der Waals surface area contributed by atoms with Gasteiger partial charge in [0, 0.05) is 0 Å². The normalized spacial score (nSPS) is 43.6. The predicted octanol–water partition coefficient (Wildman–Crippen LogP) is 3.86. The molecule has 0 aromatic rings. The highest BCUT2D eigenvalue weighted by Gasteiger charge is 2.45. The minimum absolute atomic E-state index is 0.704. The molecule has 1 rings (SSSR count). The summed E-state index contributed by atoms with van der Waals surface area (Å²) in [6, 6.07) is 0. The molecule has 0 bridgehead atoms. The average molecular weight is 154 g/mol. The van der Waals surface area contributed by atoms with Gasteiger partial charge in [-0.25, -0.2) is 0 Å². The van der Waals surface area contributed by atoms with Crippen LogP contribution in [0.3, 0.4) is 0 Å². The van der Waals surface area contributed by atoms with Crippen LogP contribution >= 0.6 is 0 Å². The highest BCUT2D eigenvalue weighted by atomic mass is 14.5. The van der Waals surface area contributed by atoms with Crippen molar-refractivity contribution >= 4 is 0 Å². The van der Waals surface area contributed by atoms with E-state index in [1.54, 1.807) is 0 Å². The molecule has 0 heteroatoms. The Morgan fingerprint density at radius 1 is 1.36 bits per heavy atom. The van der Waals surface area contributed by atoms with E-state index in [0.717, 1.165) is 11.8 Å². The summed E-state index contributed by atoms with van der Waals surface area (Å²) in [5.41, 5.74) is 0.704. The van der Waals surface area contributed by atoms with Gasteiger partial charge in [0.15, 0.2) is 0 Å². The van der Waals surface area contributed by atoms with Gasteiger partial charge < -0.3 is 0 Å². The van der Waals surface area contributed by atoms with Gasteiger partial charge in [0.05, 0.1) is 0 Å². The monoisotopic (exact) mass is 154 g/mol. The average Bonchev–Trinajstić information content (AvgIpc) is 2.00. The van der Waals surface area contributed by atoms with Crippen LogP contribution in [0.2, 0.25) is 0 Å². The first-order chi connectivity index (χ1) is 5.14. The second-order valence-corrected chi connectivity index (χ2v) is 4.57. The smallest absolute Gasteiger partial charge is 0.0295 e. The van der Waals surface area contributed by atoms with Gasteiger partial charge in [-0.15, -0.1) is 0 Å². The van der Waals surface area contributed by atoms with Crippen LogP contribution in [0.4, 0.5) is 0 Å². The Balaban J connectivity index is 2.40. The molecular formula is C11H22. The molecule has 0 aromatic carbocycles. The largest absolute Gasteiger partial charge is 0.0654 e. The van der Waals surface area contributed by atoms with Crippen LogP contribution in [0.15, 0.2) is 0 Å². The van der Waals surface area contributed by atoms with Crippen LogP contribution in [0, 0.1) is 17.3 Å². The summed E-state index contributed by atoms with van der Waals surface area (Å²) in [6.07, 6.45) is 5.67. The van der Waals surface area contributed by atoms with E-state index in [4.69, 9.17) is 0 Å². The molecule has 0 nitrogen and oxygen atoms in total. The molecule has 3 atom stereocenters. The maximum atomic E-state index is 2.47. The van der Waals surface area contributed by atoms with Crippen molar-refractivity contribution in [2.45, 2.75) is 53.4 Å². The number of hydrogen-bond donors (Lipinski definition) is 0. The minimum Gasteiger partial charge on any atom is -0.0654 e. The molecule has 0 N–H and O–H groups in total. The maximum Gasteiger partial charge on any atom is -0.0295 e. The van der Waals surface area contributed by atoms with Crippen molar-refractivity contribution in [1.82, 2.24) is 0 Å². The van der Waals surface area contributed by atoms with E-state index in [1.165, 1.54) is 25.7 Å². The van der Waals surface area contributed by atoms with Crippen molar-refractivity contribution in [2.75, 3.05) is 0 Å². The summed E-state index contributed by atoms with van der Waals surface area (Å²) >= 11 is 0. The third-order valence-corrected chi connectivity index (χ3v) is 3.88. The second-order valence-electron chi connectivity index (χ2n) is 4.57. The van der Waals surface area contributed by atoms with Crippen molar-refractivity contribution < 1.29 is 0 Å². The lowest BCUT2D eigenvalue weighted by atomic mass is 9.53. The molecule has 0 heterocycles. The zero-order valence-corrected chi connectivity index (χ0v) is 8.48. The van der Waals surface area contributed by atoms with Crippen molar-refractivity contribution in [1.29, 1.82) is 0 Å².